The largest absolute Gasteiger partial charge is 0.408 e. The monoisotopic (exact) mass is 409 g/mol. The molecule has 0 spiro atoms. The molecule has 2 amide bonds. The number of anilines is 1. The van der Waals surface area contributed by atoms with Gasteiger partial charge in [0.1, 0.15) is 17.4 Å². The lowest BCUT2D eigenvalue weighted by atomic mass is 9.92. The van der Waals surface area contributed by atoms with Crippen molar-refractivity contribution in [2.75, 3.05) is 11.4 Å². The van der Waals surface area contributed by atoms with E-state index in [1.165, 1.54) is 10.7 Å². The van der Waals surface area contributed by atoms with Crippen molar-refractivity contribution in [2.24, 2.45) is 11.3 Å². The van der Waals surface area contributed by atoms with Crippen LogP contribution in [0.2, 0.25) is 0 Å². The Kier molecular flexibility index (Phi) is 4.36. The highest BCUT2D eigenvalue weighted by molar-refractivity contribution is 6.01. The number of halogens is 3. The second kappa shape index (κ2) is 6.43. The molecule has 1 unspecified atom stereocenters. The van der Waals surface area contributed by atoms with E-state index in [0.717, 1.165) is 0 Å². The average Bonchev–Trinajstić information content (AvgIpc) is 3.29. The number of nitrogens with one attached hydrogen (secondary N) is 1. The van der Waals surface area contributed by atoms with Crippen LogP contribution < -0.4 is 10.2 Å². The van der Waals surface area contributed by atoms with Gasteiger partial charge < -0.3 is 5.32 Å². The number of amides is 2. The quantitative estimate of drug-likeness (QED) is 0.842. The summed E-state index contributed by atoms with van der Waals surface area (Å²) in [5.74, 6) is -1.17. The highest BCUT2D eigenvalue weighted by Crippen LogP contribution is 2.40. The molecule has 2 aromatic rings. The van der Waals surface area contributed by atoms with Crippen molar-refractivity contribution < 1.29 is 22.8 Å². The Bertz CT molecular complexity index is 994. The van der Waals surface area contributed by atoms with Crippen molar-refractivity contribution in [3.05, 3.63) is 23.5 Å². The minimum atomic E-state index is -4.51. The first-order valence-corrected chi connectivity index (χ1v) is 9.54. The highest BCUT2D eigenvalue weighted by Gasteiger charge is 2.50. The molecule has 1 aliphatic carbocycles. The fraction of sp³-hybridized carbons (Fsp3) is 0.579. The molecule has 2 aromatic heterocycles. The summed E-state index contributed by atoms with van der Waals surface area (Å²) in [6, 6.07) is -0.195. The van der Waals surface area contributed by atoms with Gasteiger partial charge >= 0.3 is 6.18 Å². The molecule has 1 saturated carbocycles. The van der Waals surface area contributed by atoms with E-state index in [1.807, 2.05) is 13.8 Å². The summed E-state index contributed by atoms with van der Waals surface area (Å²) in [5, 5.41) is 6.20. The third-order valence-corrected chi connectivity index (χ3v) is 5.67. The summed E-state index contributed by atoms with van der Waals surface area (Å²) >= 11 is 0. The number of alkyl halides is 3. The van der Waals surface area contributed by atoms with Crippen LogP contribution in [0, 0.1) is 18.3 Å². The van der Waals surface area contributed by atoms with E-state index in [4.69, 9.17) is 0 Å². The molecule has 1 aliphatic heterocycles. The molecule has 1 atom stereocenters. The number of nitrogens with zero attached hydrogens (tertiary/aromatic N) is 4. The van der Waals surface area contributed by atoms with Gasteiger partial charge in [0.25, 0.3) is 5.91 Å². The van der Waals surface area contributed by atoms with E-state index in [9.17, 15) is 22.8 Å². The minimum absolute atomic E-state index is 0.0456. The first-order chi connectivity index (χ1) is 13.5. The van der Waals surface area contributed by atoms with Gasteiger partial charge in [0.15, 0.2) is 5.65 Å². The zero-order valence-corrected chi connectivity index (χ0v) is 16.4. The lowest BCUT2D eigenvalue weighted by Crippen LogP contribution is -2.46. The molecule has 1 N–H and O–H groups in total. The van der Waals surface area contributed by atoms with Crippen molar-refractivity contribution in [3.8, 4) is 0 Å². The van der Waals surface area contributed by atoms with Crippen LogP contribution in [0.15, 0.2) is 12.3 Å². The highest BCUT2D eigenvalue weighted by atomic mass is 19.4. The summed E-state index contributed by atoms with van der Waals surface area (Å²) < 4.78 is 41.2. The molecule has 0 radical (unpaired) electrons. The molecule has 3 heterocycles. The molecule has 0 bridgehead atoms. The van der Waals surface area contributed by atoms with Crippen molar-refractivity contribution in [1.29, 1.82) is 0 Å². The van der Waals surface area contributed by atoms with Crippen LogP contribution in [0.1, 0.15) is 49.2 Å². The topological polar surface area (TPSA) is 79.6 Å². The predicted octanol–water partition coefficient (Wildman–Crippen LogP) is 2.87. The van der Waals surface area contributed by atoms with Crippen molar-refractivity contribution in [3.63, 3.8) is 0 Å². The summed E-state index contributed by atoms with van der Waals surface area (Å²) in [5.41, 5.74) is 0.199. The van der Waals surface area contributed by atoms with Gasteiger partial charge in [-0.15, -0.1) is 0 Å². The Morgan fingerprint density at radius 1 is 1.34 bits per heavy atom. The van der Waals surface area contributed by atoms with Gasteiger partial charge in [-0.1, -0.05) is 13.8 Å². The third kappa shape index (κ3) is 3.44. The predicted molar refractivity (Wildman–Crippen MR) is 98.5 cm³/mol. The minimum Gasteiger partial charge on any atom is -0.340 e. The summed E-state index contributed by atoms with van der Waals surface area (Å²) in [6.45, 7) is 5.93. The van der Waals surface area contributed by atoms with Crippen LogP contribution in [0.25, 0.3) is 5.65 Å². The Hall–Kier alpha value is -2.65. The molecule has 2 fully saturated rings. The fourth-order valence-corrected chi connectivity index (χ4v) is 3.69. The van der Waals surface area contributed by atoms with E-state index in [1.54, 1.807) is 17.9 Å². The normalized spacial score (nSPS) is 20.3. The zero-order chi connectivity index (χ0) is 21.1. The Morgan fingerprint density at radius 3 is 2.59 bits per heavy atom. The Labute approximate surface area is 165 Å². The van der Waals surface area contributed by atoms with E-state index in [2.05, 4.69) is 15.4 Å². The molecule has 1 saturated heterocycles. The van der Waals surface area contributed by atoms with Gasteiger partial charge in [0.2, 0.25) is 5.91 Å². The second-order valence-corrected chi connectivity index (χ2v) is 8.47. The fourth-order valence-electron chi connectivity index (χ4n) is 3.69. The maximum Gasteiger partial charge on any atom is 0.408 e. The summed E-state index contributed by atoms with van der Waals surface area (Å²) in [4.78, 5) is 31.2. The molecular weight excluding hydrogens is 387 g/mol. The standard InChI is InChI=1S/C19H22F3N5O2/c1-10-8-13(26-7-6-18(2,3)17(26)29)24-15-12(9-23-27(10)15)16(28)25-14(11-4-5-11)19(20,21)22/h8-9,11,14H,4-7H2,1-3H3,(H,25,28). The number of aromatic nitrogens is 3. The molecule has 2 aliphatic rings. The van der Waals surface area contributed by atoms with Gasteiger partial charge in [-0.05, 0) is 32.1 Å². The van der Waals surface area contributed by atoms with Crippen LogP contribution in [0.3, 0.4) is 0 Å². The lowest BCUT2D eigenvalue weighted by Gasteiger charge is -2.21. The van der Waals surface area contributed by atoms with E-state index in [0.29, 0.717) is 37.3 Å². The SMILES string of the molecule is Cc1cc(N2CCC(C)(C)C2=O)nc2c(C(=O)NC(C3CC3)C(F)(F)F)cnn12. The number of carbonyl (C=O) groups is 2. The van der Waals surface area contributed by atoms with Crippen LogP contribution >= 0.6 is 0 Å². The number of aryl methyl sites for hydroxylation is 1. The van der Waals surface area contributed by atoms with Crippen molar-refractivity contribution in [2.45, 2.75) is 52.3 Å². The Balaban J connectivity index is 1.68. The maximum atomic E-state index is 13.3. The molecule has 0 aromatic carbocycles. The number of hydrogen-bond acceptors (Lipinski definition) is 4. The molecular formula is C19H22F3N5O2. The summed E-state index contributed by atoms with van der Waals surface area (Å²) in [6.07, 6.45) is -1.76. The number of rotatable bonds is 4. The Morgan fingerprint density at radius 2 is 2.03 bits per heavy atom. The van der Waals surface area contributed by atoms with Gasteiger partial charge in [-0.2, -0.15) is 18.3 Å². The molecule has 10 heteroatoms. The second-order valence-electron chi connectivity index (χ2n) is 8.47. The number of carbonyl (C=O) groups excluding carboxylic acids is 2. The number of hydrogen-bond donors (Lipinski definition) is 1. The molecule has 4 rings (SSSR count). The molecule has 7 nitrogen and oxygen atoms in total. The first kappa shape index (κ1) is 19.7. The first-order valence-electron chi connectivity index (χ1n) is 9.54. The van der Waals surface area contributed by atoms with Crippen molar-refractivity contribution >= 4 is 23.3 Å². The lowest BCUT2D eigenvalue weighted by molar-refractivity contribution is -0.158. The third-order valence-electron chi connectivity index (χ3n) is 5.67. The van der Waals surface area contributed by atoms with Gasteiger partial charge in [-0.3, -0.25) is 14.5 Å². The number of fused-ring (bicyclic) bond motifs is 1. The molecule has 156 valence electrons. The van der Waals surface area contributed by atoms with Crippen molar-refractivity contribution in [1.82, 2.24) is 19.9 Å². The van der Waals surface area contributed by atoms with Gasteiger partial charge in [-0.25, -0.2) is 9.50 Å². The van der Waals surface area contributed by atoms with Crippen LogP contribution in [-0.2, 0) is 4.79 Å². The van der Waals surface area contributed by atoms with Crippen LogP contribution in [0.4, 0.5) is 19.0 Å². The van der Waals surface area contributed by atoms with Crippen LogP contribution in [-0.4, -0.2) is 45.2 Å². The average molecular weight is 409 g/mol. The smallest absolute Gasteiger partial charge is 0.340 e. The molecule has 29 heavy (non-hydrogen) atoms. The zero-order valence-electron chi connectivity index (χ0n) is 16.4. The van der Waals surface area contributed by atoms with Gasteiger partial charge in [0, 0.05) is 23.7 Å². The van der Waals surface area contributed by atoms with Crippen LogP contribution in [0.5, 0.6) is 0 Å². The van der Waals surface area contributed by atoms with E-state index in [-0.39, 0.29) is 17.1 Å². The van der Waals surface area contributed by atoms with E-state index < -0.39 is 29.5 Å². The van der Waals surface area contributed by atoms with Gasteiger partial charge in [0.05, 0.1) is 6.20 Å². The maximum absolute atomic E-state index is 13.3. The summed E-state index contributed by atoms with van der Waals surface area (Å²) in [7, 11) is 0. The van der Waals surface area contributed by atoms with E-state index >= 15 is 0 Å².